The van der Waals surface area contributed by atoms with E-state index in [1.54, 1.807) is 6.92 Å². The van der Waals surface area contributed by atoms with E-state index in [2.05, 4.69) is 0 Å². The van der Waals surface area contributed by atoms with Crippen molar-refractivity contribution in [2.45, 2.75) is 19.4 Å². The lowest BCUT2D eigenvalue weighted by atomic mass is 10.1. The molecule has 1 aliphatic rings. The largest absolute Gasteiger partial charge is 0.452 e. The minimum absolute atomic E-state index is 0.0455. The van der Waals surface area contributed by atoms with Crippen LogP contribution in [0.4, 0.5) is 0 Å². The van der Waals surface area contributed by atoms with Crippen molar-refractivity contribution >= 4 is 21.7 Å². The van der Waals surface area contributed by atoms with Gasteiger partial charge in [0.1, 0.15) is 0 Å². The van der Waals surface area contributed by atoms with Gasteiger partial charge in [0.05, 0.1) is 28.7 Å². The van der Waals surface area contributed by atoms with Crippen LogP contribution in [-0.4, -0.2) is 55.9 Å². The molecule has 8 heteroatoms. The van der Waals surface area contributed by atoms with Gasteiger partial charge < -0.3 is 9.64 Å². The number of esters is 1. The van der Waals surface area contributed by atoms with Crippen LogP contribution in [0.2, 0.25) is 0 Å². The summed E-state index contributed by atoms with van der Waals surface area (Å²) in [5.74, 6) is -1.05. The van der Waals surface area contributed by atoms with Crippen LogP contribution in [0, 0.1) is 11.3 Å². The Hall–Kier alpha value is -2.40. The molecule has 0 spiro atoms. The molecule has 1 aromatic carbocycles. The fourth-order valence-corrected chi connectivity index (χ4v) is 4.36. The maximum atomic E-state index is 12.2. The van der Waals surface area contributed by atoms with Crippen LogP contribution in [0.15, 0.2) is 24.3 Å². The van der Waals surface area contributed by atoms with Gasteiger partial charge in [-0.15, -0.1) is 0 Å². The second-order valence-corrected chi connectivity index (χ2v) is 7.73. The SMILES string of the molecule is CCN(C(=O)COC(=O)c1ccc(C#N)cc1)[C@@H]1CCS(=O)(=O)C1. The summed E-state index contributed by atoms with van der Waals surface area (Å²) in [5.41, 5.74) is 0.663. The Balaban J connectivity index is 1.93. The van der Waals surface area contributed by atoms with E-state index < -0.39 is 28.3 Å². The molecule has 0 bridgehead atoms. The van der Waals surface area contributed by atoms with Crippen molar-refractivity contribution in [1.82, 2.24) is 4.90 Å². The molecule has 1 amide bonds. The smallest absolute Gasteiger partial charge is 0.338 e. The maximum absolute atomic E-state index is 12.2. The Kier molecular flexibility index (Phi) is 5.57. The van der Waals surface area contributed by atoms with Gasteiger partial charge >= 0.3 is 5.97 Å². The van der Waals surface area contributed by atoms with Crippen molar-refractivity contribution in [1.29, 1.82) is 5.26 Å². The molecule has 7 nitrogen and oxygen atoms in total. The summed E-state index contributed by atoms with van der Waals surface area (Å²) in [6.07, 6.45) is 0.408. The van der Waals surface area contributed by atoms with Crippen molar-refractivity contribution in [2.75, 3.05) is 24.7 Å². The Bertz CT molecular complexity index is 765. The first-order valence-electron chi connectivity index (χ1n) is 7.53. The molecular weight excluding hydrogens is 332 g/mol. The molecule has 0 radical (unpaired) electrons. The summed E-state index contributed by atoms with van der Waals surface area (Å²) in [4.78, 5) is 25.6. The number of nitriles is 1. The fraction of sp³-hybridized carbons (Fsp3) is 0.438. The number of benzene rings is 1. The van der Waals surface area contributed by atoms with Gasteiger partial charge in [-0.1, -0.05) is 0 Å². The molecule has 128 valence electrons. The summed E-state index contributed by atoms with van der Waals surface area (Å²) in [6.45, 7) is 1.67. The second-order valence-electron chi connectivity index (χ2n) is 5.50. The van der Waals surface area contributed by atoms with Gasteiger partial charge in [-0.25, -0.2) is 13.2 Å². The molecule has 1 aromatic rings. The quantitative estimate of drug-likeness (QED) is 0.726. The van der Waals surface area contributed by atoms with Gasteiger partial charge in [0.2, 0.25) is 0 Å². The van der Waals surface area contributed by atoms with Crippen LogP contribution in [0.25, 0.3) is 0 Å². The summed E-state index contributed by atoms with van der Waals surface area (Å²) < 4.78 is 28.1. The van der Waals surface area contributed by atoms with E-state index in [9.17, 15) is 18.0 Å². The van der Waals surface area contributed by atoms with Gasteiger partial charge in [-0.2, -0.15) is 5.26 Å². The Morgan fingerprint density at radius 2 is 2.00 bits per heavy atom. The molecule has 0 aromatic heterocycles. The minimum atomic E-state index is -3.09. The van der Waals surface area contributed by atoms with Crippen LogP contribution in [0.5, 0.6) is 0 Å². The predicted molar refractivity (Wildman–Crippen MR) is 85.9 cm³/mol. The zero-order valence-corrected chi connectivity index (χ0v) is 14.1. The van der Waals surface area contributed by atoms with E-state index in [4.69, 9.17) is 10.00 Å². The molecule has 0 saturated carbocycles. The lowest BCUT2D eigenvalue weighted by Gasteiger charge is -2.26. The molecule has 1 saturated heterocycles. The Morgan fingerprint density at radius 3 is 2.50 bits per heavy atom. The van der Waals surface area contributed by atoms with Crippen LogP contribution >= 0.6 is 0 Å². The summed E-state index contributed by atoms with van der Waals surface area (Å²) in [7, 11) is -3.09. The van der Waals surface area contributed by atoms with Crippen LogP contribution in [0.3, 0.4) is 0 Å². The van der Waals surface area contributed by atoms with Gasteiger partial charge in [0.15, 0.2) is 16.4 Å². The number of amides is 1. The Morgan fingerprint density at radius 1 is 1.33 bits per heavy atom. The number of sulfone groups is 1. The van der Waals surface area contributed by atoms with Crippen molar-refractivity contribution in [3.05, 3.63) is 35.4 Å². The van der Waals surface area contributed by atoms with Gasteiger partial charge in [-0.05, 0) is 37.6 Å². The third kappa shape index (κ3) is 4.32. The highest BCUT2D eigenvalue weighted by molar-refractivity contribution is 7.91. The van der Waals surface area contributed by atoms with Crippen molar-refractivity contribution in [2.24, 2.45) is 0 Å². The number of nitrogens with zero attached hydrogens (tertiary/aromatic N) is 2. The lowest BCUT2D eigenvalue weighted by molar-refractivity contribution is -0.136. The molecule has 1 fully saturated rings. The number of carbonyl (C=O) groups is 2. The van der Waals surface area contributed by atoms with Gasteiger partial charge in [0, 0.05) is 12.6 Å². The van der Waals surface area contributed by atoms with E-state index in [1.807, 2.05) is 6.07 Å². The number of hydrogen-bond donors (Lipinski definition) is 0. The van der Waals surface area contributed by atoms with Crippen LogP contribution < -0.4 is 0 Å². The lowest BCUT2D eigenvalue weighted by Crippen LogP contribution is -2.43. The summed E-state index contributed by atoms with van der Waals surface area (Å²) in [6, 6.07) is 7.46. The number of hydrogen-bond acceptors (Lipinski definition) is 6. The first-order chi connectivity index (χ1) is 11.4. The molecule has 0 aliphatic carbocycles. The molecular formula is C16H18N2O5S. The highest BCUT2D eigenvalue weighted by Crippen LogP contribution is 2.18. The first-order valence-corrected chi connectivity index (χ1v) is 9.35. The van der Waals surface area contributed by atoms with E-state index >= 15 is 0 Å². The standard InChI is InChI=1S/C16H18N2O5S/c1-2-18(14-7-8-24(21,22)11-14)15(19)10-23-16(20)13-5-3-12(9-17)4-6-13/h3-6,14H,2,7-8,10-11H2,1H3/t14-/m1/s1. The number of rotatable bonds is 5. The van der Waals surface area contributed by atoms with E-state index in [-0.39, 0.29) is 23.1 Å². The third-order valence-electron chi connectivity index (χ3n) is 3.89. The summed E-state index contributed by atoms with van der Waals surface area (Å²) >= 11 is 0. The van der Waals surface area contributed by atoms with E-state index in [0.717, 1.165) is 0 Å². The second kappa shape index (κ2) is 7.45. The highest BCUT2D eigenvalue weighted by atomic mass is 32.2. The summed E-state index contributed by atoms with van der Waals surface area (Å²) in [5, 5.41) is 8.71. The highest BCUT2D eigenvalue weighted by Gasteiger charge is 2.34. The van der Waals surface area contributed by atoms with Crippen molar-refractivity contribution in [3.8, 4) is 6.07 Å². The first kappa shape index (κ1) is 17.9. The number of likely N-dealkylation sites (N-methyl/N-ethyl adjacent to an activating group) is 1. The normalized spacial score (nSPS) is 18.6. The average Bonchev–Trinajstić information content (AvgIpc) is 2.93. The van der Waals surface area contributed by atoms with Gasteiger partial charge in [-0.3, -0.25) is 4.79 Å². The van der Waals surface area contributed by atoms with Crippen LogP contribution in [-0.2, 0) is 19.4 Å². The molecule has 24 heavy (non-hydrogen) atoms. The zero-order valence-electron chi connectivity index (χ0n) is 13.3. The van der Waals surface area contributed by atoms with Crippen LogP contribution in [0.1, 0.15) is 29.3 Å². The third-order valence-corrected chi connectivity index (χ3v) is 5.64. The monoisotopic (exact) mass is 350 g/mol. The molecule has 0 unspecified atom stereocenters. The minimum Gasteiger partial charge on any atom is -0.452 e. The van der Waals surface area contributed by atoms with Crippen molar-refractivity contribution in [3.63, 3.8) is 0 Å². The molecule has 1 aliphatic heterocycles. The topological polar surface area (TPSA) is 105 Å². The predicted octanol–water partition coefficient (Wildman–Crippen LogP) is 0.751. The molecule has 1 atom stereocenters. The van der Waals surface area contributed by atoms with Gasteiger partial charge in [0.25, 0.3) is 5.91 Å². The fourth-order valence-electron chi connectivity index (χ4n) is 2.63. The number of carbonyl (C=O) groups excluding carboxylic acids is 2. The molecule has 2 rings (SSSR count). The van der Waals surface area contributed by atoms with Crippen molar-refractivity contribution < 1.29 is 22.7 Å². The zero-order chi connectivity index (χ0) is 17.7. The maximum Gasteiger partial charge on any atom is 0.338 e. The number of ether oxygens (including phenoxy) is 1. The molecule has 1 heterocycles. The van der Waals surface area contributed by atoms with E-state index in [0.29, 0.717) is 18.5 Å². The van der Waals surface area contributed by atoms with E-state index in [1.165, 1.54) is 29.2 Å². The molecule has 0 N–H and O–H groups in total. The Labute approximate surface area is 140 Å². The average molecular weight is 350 g/mol.